The predicted octanol–water partition coefficient (Wildman–Crippen LogP) is 4.00. The lowest BCUT2D eigenvalue weighted by Crippen LogP contribution is -1.98. The van der Waals surface area contributed by atoms with Crippen molar-refractivity contribution >= 4 is 11.6 Å². The zero-order valence-electron chi connectivity index (χ0n) is 11.5. The maximum absolute atomic E-state index is 13.3. The summed E-state index contributed by atoms with van der Waals surface area (Å²) < 4.78 is 24.1. The van der Waals surface area contributed by atoms with Crippen molar-refractivity contribution in [2.45, 2.75) is 6.61 Å². The Morgan fingerprint density at radius 1 is 1.14 bits per heavy atom. The van der Waals surface area contributed by atoms with E-state index in [2.05, 4.69) is 11.8 Å². The van der Waals surface area contributed by atoms with Crippen LogP contribution in [0.3, 0.4) is 0 Å². The van der Waals surface area contributed by atoms with Crippen LogP contribution < -0.4 is 9.47 Å². The zero-order valence-corrected chi connectivity index (χ0v) is 12.3. The van der Waals surface area contributed by atoms with E-state index in [1.165, 1.54) is 12.1 Å². The molecule has 2 aromatic rings. The van der Waals surface area contributed by atoms with Crippen LogP contribution in [0.25, 0.3) is 0 Å². The summed E-state index contributed by atoms with van der Waals surface area (Å²) in [5.41, 5.74) is 1.57. The second kappa shape index (κ2) is 7.56. The molecule has 0 atom stereocenters. The molecule has 0 amide bonds. The molecule has 0 aromatic heterocycles. The third-order valence-corrected chi connectivity index (χ3v) is 2.92. The largest absolute Gasteiger partial charge is 0.497 e. The molecule has 0 bridgehead atoms. The Labute approximate surface area is 128 Å². The first-order valence-corrected chi connectivity index (χ1v) is 6.86. The molecule has 0 spiro atoms. The van der Waals surface area contributed by atoms with Gasteiger partial charge in [-0.15, -0.1) is 11.6 Å². The van der Waals surface area contributed by atoms with E-state index in [-0.39, 0.29) is 11.7 Å². The van der Waals surface area contributed by atoms with Crippen molar-refractivity contribution in [1.29, 1.82) is 0 Å². The topological polar surface area (TPSA) is 18.5 Å². The summed E-state index contributed by atoms with van der Waals surface area (Å²) in [7, 11) is 1.61. The highest BCUT2D eigenvalue weighted by Crippen LogP contribution is 2.21. The van der Waals surface area contributed by atoms with Crippen LogP contribution in [0.4, 0.5) is 4.39 Å². The number of hydrogen-bond acceptors (Lipinski definition) is 2. The Bertz CT molecular complexity index is 657. The van der Waals surface area contributed by atoms with Gasteiger partial charge >= 0.3 is 0 Å². The van der Waals surface area contributed by atoms with Crippen LogP contribution in [0.1, 0.15) is 11.1 Å². The van der Waals surface area contributed by atoms with Gasteiger partial charge in [-0.1, -0.05) is 24.0 Å². The van der Waals surface area contributed by atoms with Crippen LogP contribution >= 0.6 is 11.6 Å². The number of hydrogen-bond donors (Lipinski definition) is 0. The van der Waals surface area contributed by atoms with Crippen LogP contribution in [0.2, 0.25) is 0 Å². The van der Waals surface area contributed by atoms with Gasteiger partial charge in [-0.05, 0) is 29.8 Å². The van der Waals surface area contributed by atoms with E-state index in [9.17, 15) is 4.39 Å². The first kappa shape index (κ1) is 15.2. The van der Waals surface area contributed by atoms with Gasteiger partial charge in [0.05, 0.1) is 18.6 Å². The van der Waals surface area contributed by atoms with Gasteiger partial charge in [0.2, 0.25) is 0 Å². The first-order chi connectivity index (χ1) is 10.2. The van der Waals surface area contributed by atoms with Crippen molar-refractivity contribution in [3.63, 3.8) is 0 Å². The summed E-state index contributed by atoms with van der Waals surface area (Å²) in [5.74, 6) is 6.62. The summed E-state index contributed by atoms with van der Waals surface area (Å²) in [4.78, 5) is 0. The fourth-order valence-electron chi connectivity index (χ4n) is 1.73. The van der Waals surface area contributed by atoms with Crippen LogP contribution in [0.15, 0.2) is 42.5 Å². The summed E-state index contributed by atoms with van der Waals surface area (Å²) in [6.07, 6.45) is 0. The monoisotopic (exact) mass is 304 g/mol. The van der Waals surface area contributed by atoms with Crippen molar-refractivity contribution in [2.75, 3.05) is 13.0 Å². The molecule has 0 unspecified atom stereocenters. The molecule has 21 heavy (non-hydrogen) atoms. The molecule has 4 heteroatoms. The van der Waals surface area contributed by atoms with Gasteiger partial charge in [-0.2, -0.15) is 0 Å². The fraction of sp³-hybridized carbons (Fsp3) is 0.176. The number of halogens is 2. The quantitative estimate of drug-likeness (QED) is 0.628. The van der Waals surface area contributed by atoms with Crippen LogP contribution in [0.5, 0.6) is 11.5 Å². The second-order valence-corrected chi connectivity index (χ2v) is 4.48. The van der Waals surface area contributed by atoms with Crippen molar-refractivity contribution in [3.05, 3.63) is 59.4 Å². The average Bonchev–Trinajstić information content (AvgIpc) is 2.52. The van der Waals surface area contributed by atoms with E-state index in [1.54, 1.807) is 13.2 Å². The maximum Gasteiger partial charge on any atom is 0.138 e. The highest BCUT2D eigenvalue weighted by molar-refractivity contribution is 6.19. The van der Waals surface area contributed by atoms with E-state index in [1.807, 2.05) is 24.3 Å². The Hall–Kier alpha value is -2.18. The van der Waals surface area contributed by atoms with Crippen molar-refractivity contribution in [3.8, 4) is 23.3 Å². The number of rotatable bonds is 4. The molecular weight excluding hydrogens is 291 g/mol. The Morgan fingerprint density at radius 2 is 1.90 bits per heavy atom. The minimum Gasteiger partial charge on any atom is -0.497 e. The third-order valence-electron chi connectivity index (χ3n) is 2.79. The molecule has 0 aliphatic heterocycles. The number of methoxy groups -OCH3 is 1. The SMILES string of the molecule is COc1ccc(COc2cc(F)ccc2C#CCCl)cc1. The van der Waals surface area contributed by atoms with Gasteiger partial charge in [0.1, 0.15) is 23.9 Å². The molecule has 0 aliphatic carbocycles. The lowest BCUT2D eigenvalue weighted by atomic mass is 10.2. The van der Waals surface area contributed by atoms with Crippen molar-refractivity contribution in [2.24, 2.45) is 0 Å². The summed E-state index contributed by atoms with van der Waals surface area (Å²) in [6.45, 7) is 0.322. The zero-order chi connectivity index (χ0) is 15.1. The van der Waals surface area contributed by atoms with Gasteiger partial charge in [-0.25, -0.2) is 4.39 Å². The van der Waals surface area contributed by atoms with E-state index in [4.69, 9.17) is 21.1 Å². The molecule has 0 heterocycles. The highest BCUT2D eigenvalue weighted by Gasteiger charge is 2.04. The summed E-state index contributed by atoms with van der Waals surface area (Å²) >= 11 is 5.54. The molecule has 0 N–H and O–H groups in total. The minimum absolute atomic E-state index is 0.218. The number of benzene rings is 2. The van der Waals surface area contributed by atoms with Gasteiger partial charge in [0, 0.05) is 6.07 Å². The van der Waals surface area contributed by atoms with Gasteiger partial charge in [0.15, 0.2) is 0 Å². The lowest BCUT2D eigenvalue weighted by Gasteiger charge is -2.09. The van der Waals surface area contributed by atoms with Crippen LogP contribution in [0, 0.1) is 17.7 Å². The van der Waals surface area contributed by atoms with Crippen molar-refractivity contribution in [1.82, 2.24) is 0 Å². The van der Waals surface area contributed by atoms with Gasteiger partial charge in [-0.3, -0.25) is 0 Å². The standard InChI is InChI=1S/C17H14ClFO2/c1-20-16-8-4-13(5-9-16)12-21-17-11-15(19)7-6-14(17)3-2-10-18/h4-9,11H,10,12H2,1H3. The van der Waals surface area contributed by atoms with Crippen LogP contribution in [-0.4, -0.2) is 13.0 Å². The van der Waals surface area contributed by atoms with E-state index in [0.717, 1.165) is 11.3 Å². The maximum atomic E-state index is 13.3. The first-order valence-electron chi connectivity index (χ1n) is 6.33. The molecule has 0 saturated heterocycles. The van der Waals surface area contributed by atoms with E-state index >= 15 is 0 Å². The molecule has 0 radical (unpaired) electrons. The molecule has 0 fully saturated rings. The smallest absolute Gasteiger partial charge is 0.138 e. The predicted molar refractivity (Wildman–Crippen MR) is 81.3 cm³/mol. The summed E-state index contributed by atoms with van der Waals surface area (Å²) in [6, 6.07) is 11.7. The lowest BCUT2D eigenvalue weighted by molar-refractivity contribution is 0.303. The Balaban J connectivity index is 2.12. The van der Waals surface area contributed by atoms with E-state index in [0.29, 0.717) is 17.9 Å². The summed E-state index contributed by atoms with van der Waals surface area (Å²) in [5, 5.41) is 0. The minimum atomic E-state index is -0.365. The number of alkyl halides is 1. The average molecular weight is 305 g/mol. The van der Waals surface area contributed by atoms with Crippen LogP contribution in [-0.2, 0) is 6.61 Å². The van der Waals surface area contributed by atoms with E-state index < -0.39 is 0 Å². The molecule has 2 aromatic carbocycles. The Morgan fingerprint density at radius 3 is 2.57 bits per heavy atom. The normalized spacial score (nSPS) is 9.67. The van der Waals surface area contributed by atoms with Crippen molar-refractivity contribution < 1.29 is 13.9 Å². The highest BCUT2D eigenvalue weighted by atomic mass is 35.5. The Kier molecular flexibility index (Phi) is 5.48. The molecule has 2 nitrogen and oxygen atoms in total. The molecule has 2 rings (SSSR count). The van der Waals surface area contributed by atoms with Gasteiger partial charge in [0.25, 0.3) is 0 Å². The molecule has 0 aliphatic rings. The molecule has 0 saturated carbocycles. The molecule has 108 valence electrons. The fourth-order valence-corrected chi connectivity index (χ4v) is 1.80. The third kappa shape index (κ3) is 4.40. The second-order valence-electron chi connectivity index (χ2n) is 4.21. The van der Waals surface area contributed by atoms with Gasteiger partial charge < -0.3 is 9.47 Å². The number of ether oxygens (including phenoxy) is 2. The molecular formula is C17H14ClFO2.